The van der Waals surface area contributed by atoms with Crippen molar-refractivity contribution >= 4 is 27.7 Å². The molecule has 0 aliphatic rings. The van der Waals surface area contributed by atoms with Crippen LogP contribution in [0, 0.1) is 0 Å². The van der Waals surface area contributed by atoms with Crippen LogP contribution in [-0.2, 0) is 9.53 Å². The number of amides is 2. The molecule has 0 atom stereocenters. The van der Waals surface area contributed by atoms with E-state index in [0.717, 1.165) is 23.7 Å². The fourth-order valence-corrected chi connectivity index (χ4v) is 2.44. The average molecular weight is 415 g/mol. The Morgan fingerprint density at radius 2 is 1.88 bits per heavy atom. The number of ether oxygens (including phenoxy) is 2. The summed E-state index contributed by atoms with van der Waals surface area (Å²) in [6.07, 6.45) is 4.57. The van der Waals surface area contributed by atoms with Gasteiger partial charge in [-0.2, -0.15) is 0 Å². The molecule has 0 radical (unpaired) electrons. The fraction of sp³-hybridized carbons (Fsp3) is 0.556. The van der Waals surface area contributed by atoms with Crippen molar-refractivity contribution in [3.63, 3.8) is 0 Å². The molecule has 6 nitrogen and oxygen atoms in total. The Balaban J connectivity index is 2.55. The first-order valence-corrected chi connectivity index (χ1v) is 9.47. The minimum Gasteiger partial charge on any atom is -0.493 e. The summed E-state index contributed by atoms with van der Waals surface area (Å²) in [4.78, 5) is 24.0. The van der Waals surface area contributed by atoms with Gasteiger partial charge in [-0.1, -0.05) is 42.1 Å². The molecule has 0 heterocycles. The summed E-state index contributed by atoms with van der Waals surface area (Å²) in [7, 11) is 0. The van der Waals surface area contributed by atoms with Crippen LogP contribution in [0.25, 0.3) is 0 Å². The first kappa shape index (κ1) is 21.4. The molecular weight excluding hydrogens is 388 g/mol. The Kier molecular flexibility index (Phi) is 10.9. The second-order valence-electron chi connectivity index (χ2n) is 5.50. The molecule has 0 aliphatic carbocycles. The van der Waals surface area contributed by atoms with Gasteiger partial charge in [0.2, 0.25) is 5.91 Å². The number of benzene rings is 1. The molecule has 0 bridgehead atoms. The smallest absolute Gasteiger partial charge is 0.273 e. The quantitative estimate of drug-likeness (QED) is 0.428. The van der Waals surface area contributed by atoms with Gasteiger partial charge in [0.25, 0.3) is 5.91 Å². The van der Waals surface area contributed by atoms with Crippen molar-refractivity contribution in [1.82, 2.24) is 10.9 Å². The van der Waals surface area contributed by atoms with Crippen LogP contribution in [0.5, 0.6) is 5.75 Å². The summed E-state index contributed by atoms with van der Waals surface area (Å²) in [6, 6.07) is 5.23. The summed E-state index contributed by atoms with van der Waals surface area (Å²) in [5.41, 5.74) is 5.16. The summed E-state index contributed by atoms with van der Waals surface area (Å²) in [5, 5.41) is 0. The Bertz CT molecular complexity index is 552. The molecule has 0 aliphatic heterocycles. The molecule has 0 saturated heterocycles. The molecule has 2 amide bonds. The topological polar surface area (TPSA) is 76.7 Å². The van der Waals surface area contributed by atoms with Crippen molar-refractivity contribution in [1.29, 1.82) is 0 Å². The van der Waals surface area contributed by atoms with Gasteiger partial charge >= 0.3 is 0 Å². The van der Waals surface area contributed by atoms with Crippen molar-refractivity contribution in [3.8, 4) is 5.75 Å². The molecule has 140 valence electrons. The summed E-state index contributed by atoms with van der Waals surface area (Å²) >= 11 is 3.35. The summed E-state index contributed by atoms with van der Waals surface area (Å²) in [6.45, 7) is 5.44. The summed E-state index contributed by atoms with van der Waals surface area (Å²) in [5.74, 6) is -0.228. The van der Waals surface area contributed by atoms with Crippen LogP contribution in [0.2, 0.25) is 0 Å². The maximum Gasteiger partial charge on any atom is 0.273 e. The van der Waals surface area contributed by atoms with Crippen LogP contribution < -0.4 is 15.6 Å². The van der Waals surface area contributed by atoms with Gasteiger partial charge in [-0.25, -0.2) is 0 Å². The van der Waals surface area contributed by atoms with Gasteiger partial charge in [-0.3, -0.25) is 20.4 Å². The van der Waals surface area contributed by atoms with Crippen molar-refractivity contribution in [2.24, 2.45) is 0 Å². The Labute approximate surface area is 157 Å². The average Bonchev–Trinajstić information content (AvgIpc) is 2.60. The number of carbonyl (C=O) groups excluding carboxylic acids is 2. The van der Waals surface area contributed by atoms with Crippen LogP contribution in [-0.4, -0.2) is 31.6 Å². The largest absolute Gasteiger partial charge is 0.493 e. The highest BCUT2D eigenvalue weighted by Gasteiger charge is 2.14. The van der Waals surface area contributed by atoms with Crippen LogP contribution in [0.3, 0.4) is 0 Å². The highest BCUT2D eigenvalue weighted by Crippen LogP contribution is 2.23. The lowest BCUT2D eigenvalue weighted by Crippen LogP contribution is -2.42. The van der Waals surface area contributed by atoms with Crippen molar-refractivity contribution < 1.29 is 19.1 Å². The van der Waals surface area contributed by atoms with E-state index in [2.05, 4.69) is 33.7 Å². The zero-order valence-electron chi connectivity index (χ0n) is 14.9. The van der Waals surface area contributed by atoms with Crippen molar-refractivity contribution in [2.75, 3.05) is 19.8 Å². The molecule has 0 spiro atoms. The Morgan fingerprint density at radius 1 is 1.08 bits per heavy atom. The Hall–Kier alpha value is -1.60. The minimum atomic E-state index is -0.422. The zero-order valence-corrected chi connectivity index (χ0v) is 16.5. The van der Waals surface area contributed by atoms with Gasteiger partial charge in [0.05, 0.1) is 25.2 Å². The molecule has 2 N–H and O–H groups in total. The predicted octanol–water partition coefficient (Wildman–Crippen LogP) is 3.60. The van der Waals surface area contributed by atoms with Gasteiger partial charge < -0.3 is 9.47 Å². The first-order chi connectivity index (χ1) is 12.1. The number of hydrazine groups is 1. The van der Waals surface area contributed by atoms with Crippen LogP contribution in [0.15, 0.2) is 22.7 Å². The molecule has 0 fully saturated rings. The van der Waals surface area contributed by atoms with E-state index < -0.39 is 5.91 Å². The van der Waals surface area contributed by atoms with E-state index in [1.54, 1.807) is 12.1 Å². The van der Waals surface area contributed by atoms with Crippen molar-refractivity contribution in [3.05, 3.63) is 28.2 Å². The predicted molar refractivity (Wildman–Crippen MR) is 100 cm³/mol. The van der Waals surface area contributed by atoms with E-state index in [0.29, 0.717) is 31.1 Å². The number of halogens is 1. The number of rotatable bonds is 11. The lowest BCUT2D eigenvalue weighted by molar-refractivity contribution is -0.122. The molecule has 1 rings (SSSR count). The van der Waals surface area contributed by atoms with E-state index >= 15 is 0 Å². The lowest BCUT2D eigenvalue weighted by Gasteiger charge is -2.13. The molecule has 25 heavy (non-hydrogen) atoms. The standard InChI is InChI=1S/C18H27BrN2O4/c1-3-5-6-7-11-25-16-9-8-14(19)13-15(16)18(23)21-20-17(22)10-12-24-4-2/h8-9,13H,3-7,10-12H2,1-2H3,(H,20,22)(H,21,23). The highest BCUT2D eigenvalue weighted by atomic mass is 79.9. The Morgan fingerprint density at radius 3 is 2.60 bits per heavy atom. The number of carbonyl (C=O) groups is 2. The SMILES string of the molecule is CCCCCCOc1ccc(Br)cc1C(=O)NNC(=O)CCOCC. The van der Waals surface area contributed by atoms with E-state index in [1.807, 2.05) is 13.0 Å². The lowest BCUT2D eigenvalue weighted by atomic mass is 10.2. The fourth-order valence-electron chi connectivity index (χ4n) is 2.08. The second-order valence-corrected chi connectivity index (χ2v) is 6.41. The van der Waals surface area contributed by atoms with Crippen LogP contribution in [0.1, 0.15) is 56.3 Å². The van der Waals surface area contributed by atoms with Gasteiger partial charge in [-0.15, -0.1) is 0 Å². The van der Waals surface area contributed by atoms with Crippen LogP contribution >= 0.6 is 15.9 Å². The number of nitrogens with one attached hydrogen (secondary N) is 2. The maximum absolute atomic E-state index is 12.3. The van der Waals surface area contributed by atoms with Crippen molar-refractivity contribution in [2.45, 2.75) is 46.0 Å². The highest BCUT2D eigenvalue weighted by molar-refractivity contribution is 9.10. The minimum absolute atomic E-state index is 0.188. The first-order valence-electron chi connectivity index (χ1n) is 8.67. The van der Waals surface area contributed by atoms with E-state index in [-0.39, 0.29) is 12.3 Å². The number of hydrogen-bond donors (Lipinski definition) is 2. The molecule has 0 saturated carbocycles. The van der Waals surface area contributed by atoms with Gasteiger partial charge in [0, 0.05) is 11.1 Å². The molecule has 0 unspecified atom stereocenters. The van der Waals surface area contributed by atoms with Gasteiger partial charge in [0.15, 0.2) is 0 Å². The molecule has 1 aromatic carbocycles. The second kappa shape index (κ2) is 12.7. The number of unbranched alkanes of at least 4 members (excludes halogenated alkanes) is 3. The van der Waals surface area contributed by atoms with Crippen LogP contribution in [0.4, 0.5) is 0 Å². The molecule has 1 aromatic rings. The van der Waals surface area contributed by atoms with Gasteiger partial charge in [0.1, 0.15) is 5.75 Å². The van der Waals surface area contributed by atoms with E-state index in [1.165, 1.54) is 6.42 Å². The third kappa shape index (κ3) is 8.88. The monoisotopic (exact) mass is 414 g/mol. The maximum atomic E-state index is 12.3. The molecule has 7 heteroatoms. The molecular formula is C18H27BrN2O4. The van der Waals surface area contributed by atoms with Gasteiger partial charge in [-0.05, 0) is 31.5 Å². The third-order valence-corrected chi connectivity index (χ3v) is 3.93. The molecule has 0 aromatic heterocycles. The van der Waals surface area contributed by atoms with E-state index in [4.69, 9.17) is 9.47 Å². The normalized spacial score (nSPS) is 10.4. The number of hydrogen-bond acceptors (Lipinski definition) is 4. The van der Waals surface area contributed by atoms with E-state index in [9.17, 15) is 9.59 Å². The zero-order chi connectivity index (χ0) is 18.5. The summed E-state index contributed by atoms with van der Waals surface area (Å²) < 4.78 is 11.6. The third-order valence-electron chi connectivity index (χ3n) is 3.43.